The lowest BCUT2D eigenvalue weighted by atomic mass is 10.1. The summed E-state index contributed by atoms with van der Waals surface area (Å²) in [6.45, 7) is 0.138. The first kappa shape index (κ1) is 14.8. The SMILES string of the molecule is O=C(CCOCC(F)F)NCC1CCC(Br)C1. The van der Waals surface area contributed by atoms with Crippen LogP contribution in [0.25, 0.3) is 0 Å². The van der Waals surface area contributed by atoms with Gasteiger partial charge in [-0.15, -0.1) is 0 Å². The third kappa shape index (κ3) is 6.93. The summed E-state index contributed by atoms with van der Waals surface area (Å²) in [5, 5.41) is 2.81. The van der Waals surface area contributed by atoms with Gasteiger partial charge in [-0.25, -0.2) is 8.78 Å². The molecule has 100 valence electrons. The van der Waals surface area contributed by atoms with E-state index in [0.717, 1.165) is 19.3 Å². The van der Waals surface area contributed by atoms with E-state index >= 15 is 0 Å². The molecule has 0 aromatic rings. The highest BCUT2D eigenvalue weighted by atomic mass is 79.9. The number of halogens is 3. The van der Waals surface area contributed by atoms with E-state index < -0.39 is 13.0 Å². The van der Waals surface area contributed by atoms with Crippen molar-refractivity contribution >= 4 is 21.8 Å². The van der Waals surface area contributed by atoms with Crippen LogP contribution >= 0.6 is 15.9 Å². The maximum Gasteiger partial charge on any atom is 0.261 e. The van der Waals surface area contributed by atoms with Crippen LogP contribution in [0.2, 0.25) is 0 Å². The third-order valence-electron chi connectivity index (χ3n) is 2.78. The molecule has 1 saturated carbocycles. The lowest BCUT2D eigenvalue weighted by molar-refractivity contribution is -0.122. The van der Waals surface area contributed by atoms with E-state index in [4.69, 9.17) is 0 Å². The van der Waals surface area contributed by atoms with Gasteiger partial charge < -0.3 is 10.1 Å². The Balaban J connectivity index is 1.98. The molecule has 1 rings (SSSR count). The Kier molecular flexibility index (Phi) is 6.96. The summed E-state index contributed by atoms with van der Waals surface area (Å²) in [5.74, 6) is 0.405. The second-order valence-corrected chi connectivity index (χ2v) is 5.59. The zero-order valence-corrected chi connectivity index (χ0v) is 11.2. The summed E-state index contributed by atoms with van der Waals surface area (Å²) in [6, 6.07) is 0. The summed E-state index contributed by atoms with van der Waals surface area (Å²) in [7, 11) is 0. The number of ether oxygens (including phenoxy) is 1. The molecule has 2 atom stereocenters. The van der Waals surface area contributed by atoms with Gasteiger partial charge in [-0.2, -0.15) is 0 Å². The van der Waals surface area contributed by atoms with Crippen LogP contribution in [0, 0.1) is 5.92 Å². The molecule has 1 N–H and O–H groups in total. The summed E-state index contributed by atoms with van der Waals surface area (Å²) in [4.78, 5) is 11.9. The molecule has 0 bridgehead atoms. The molecule has 1 aliphatic carbocycles. The molecular weight excluding hydrogens is 296 g/mol. The van der Waals surface area contributed by atoms with Crippen LogP contribution in [0.3, 0.4) is 0 Å². The van der Waals surface area contributed by atoms with Crippen LogP contribution in [-0.4, -0.2) is 36.9 Å². The topological polar surface area (TPSA) is 38.3 Å². The van der Waals surface area contributed by atoms with E-state index in [9.17, 15) is 13.6 Å². The minimum atomic E-state index is -2.47. The normalized spacial score (nSPS) is 24.2. The number of hydrogen-bond acceptors (Lipinski definition) is 2. The van der Waals surface area contributed by atoms with Crippen LogP contribution in [0.5, 0.6) is 0 Å². The van der Waals surface area contributed by atoms with Crippen molar-refractivity contribution in [2.24, 2.45) is 5.92 Å². The van der Waals surface area contributed by atoms with Crippen molar-refractivity contribution in [2.45, 2.75) is 36.9 Å². The highest BCUT2D eigenvalue weighted by molar-refractivity contribution is 9.09. The predicted octanol–water partition coefficient (Wildman–Crippen LogP) is 2.34. The Morgan fingerprint density at radius 2 is 2.24 bits per heavy atom. The highest BCUT2D eigenvalue weighted by Gasteiger charge is 2.22. The fourth-order valence-corrected chi connectivity index (χ4v) is 2.68. The van der Waals surface area contributed by atoms with Gasteiger partial charge in [-0.05, 0) is 25.2 Å². The lowest BCUT2D eigenvalue weighted by Crippen LogP contribution is -2.29. The first-order chi connectivity index (χ1) is 8.08. The van der Waals surface area contributed by atoms with Crippen LogP contribution < -0.4 is 5.32 Å². The second kappa shape index (κ2) is 7.97. The van der Waals surface area contributed by atoms with Gasteiger partial charge in [-0.1, -0.05) is 15.9 Å². The zero-order chi connectivity index (χ0) is 12.7. The number of amides is 1. The summed E-state index contributed by atoms with van der Waals surface area (Å²) in [5.41, 5.74) is 0. The molecule has 0 radical (unpaired) electrons. The Bertz CT molecular complexity index is 242. The van der Waals surface area contributed by atoms with E-state index in [1.54, 1.807) is 0 Å². The van der Waals surface area contributed by atoms with Crippen LogP contribution in [0.1, 0.15) is 25.7 Å². The minimum absolute atomic E-state index is 0.0574. The quantitative estimate of drug-likeness (QED) is 0.579. The summed E-state index contributed by atoms with van der Waals surface area (Å²) >= 11 is 3.55. The Labute approximate surface area is 108 Å². The van der Waals surface area contributed by atoms with Gasteiger partial charge >= 0.3 is 0 Å². The van der Waals surface area contributed by atoms with Crippen molar-refractivity contribution in [3.8, 4) is 0 Å². The maximum atomic E-state index is 11.7. The van der Waals surface area contributed by atoms with Crippen molar-refractivity contribution in [1.82, 2.24) is 5.32 Å². The van der Waals surface area contributed by atoms with E-state index in [2.05, 4.69) is 26.0 Å². The van der Waals surface area contributed by atoms with Gasteiger partial charge in [0.2, 0.25) is 5.91 Å². The number of carbonyl (C=O) groups is 1. The van der Waals surface area contributed by atoms with Gasteiger partial charge in [0.1, 0.15) is 6.61 Å². The van der Waals surface area contributed by atoms with Crippen LogP contribution in [0.15, 0.2) is 0 Å². The van der Waals surface area contributed by atoms with Gasteiger partial charge in [0.15, 0.2) is 0 Å². The molecule has 0 aromatic heterocycles. The highest BCUT2D eigenvalue weighted by Crippen LogP contribution is 2.29. The van der Waals surface area contributed by atoms with E-state index in [1.165, 1.54) is 0 Å². The number of hydrogen-bond donors (Lipinski definition) is 1. The molecule has 0 spiro atoms. The summed E-state index contributed by atoms with van der Waals surface area (Å²) < 4.78 is 28.1. The van der Waals surface area contributed by atoms with E-state index in [-0.39, 0.29) is 18.9 Å². The van der Waals surface area contributed by atoms with Crippen LogP contribution in [-0.2, 0) is 9.53 Å². The Morgan fingerprint density at radius 1 is 1.47 bits per heavy atom. The molecule has 0 aromatic carbocycles. The molecule has 0 aliphatic heterocycles. The fourth-order valence-electron chi connectivity index (χ4n) is 1.88. The third-order valence-corrected chi connectivity index (χ3v) is 3.61. The Hall–Kier alpha value is -0.230. The number of rotatable bonds is 7. The van der Waals surface area contributed by atoms with E-state index in [0.29, 0.717) is 17.3 Å². The molecule has 1 aliphatic rings. The molecule has 0 heterocycles. The minimum Gasteiger partial charge on any atom is -0.375 e. The van der Waals surface area contributed by atoms with Crippen LogP contribution in [0.4, 0.5) is 8.78 Å². The molecule has 17 heavy (non-hydrogen) atoms. The molecule has 1 fully saturated rings. The van der Waals surface area contributed by atoms with Crippen molar-refractivity contribution in [3.05, 3.63) is 0 Å². The Morgan fingerprint density at radius 3 is 2.82 bits per heavy atom. The lowest BCUT2D eigenvalue weighted by Gasteiger charge is -2.10. The smallest absolute Gasteiger partial charge is 0.261 e. The fraction of sp³-hybridized carbons (Fsp3) is 0.909. The van der Waals surface area contributed by atoms with Gasteiger partial charge in [0.25, 0.3) is 6.43 Å². The molecule has 2 unspecified atom stereocenters. The average molecular weight is 314 g/mol. The monoisotopic (exact) mass is 313 g/mol. The second-order valence-electron chi connectivity index (χ2n) is 4.30. The standard InChI is InChI=1S/C11H18BrF2NO2/c12-9-2-1-8(5-9)6-15-11(16)3-4-17-7-10(13)14/h8-10H,1-7H2,(H,15,16). The molecule has 0 saturated heterocycles. The van der Waals surface area contributed by atoms with Gasteiger partial charge in [0, 0.05) is 17.8 Å². The number of carbonyl (C=O) groups excluding carboxylic acids is 1. The van der Waals surface area contributed by atoms with E-state index in [1.807, 2.05) is 0 Å². The number of alkyl halides is 3. The molecule has 3 nitrogen and oxygen atoms in total. The molecular formula is C11H18BrF2NO2. The first-order valence-electron chi connectivity index (χ1n) is 5.84. The van der Waals surface area contributed by atoms with Crippen molar-refractivity contribution < 1.29 is 18.3 Å². The van der Waals surface area contributed by atoms with Crippen molar-refractivity contribution in [1.29, 1.82) is 0 Å². The predicted molar refractivity (Wildman–Crippen MR) is 64.5 cm³/mol. The first-order valence-corrected chi connectivity index (χ1v) is 6.76. The maximum absolute atomic E-state index is 11.7. The zero-order valence-electron chi connectivity index (χ0n) is 9.63. The van der Waals surface area contributed by atoms with Gasteiger partial charge in [0.05, 0.1) is 6.61 Å². The number of nitrogens with one attached hydrogen (secondary N) is 1. The van der Waals surface area contributed by atoms with Crippen molar-refractivity contribution in [3.63, 3.8) is 0 Å². The largest absolute Gasteiger partial charge is 0.375 e. The molecule has 1 amide bonds. The summed E-state index contributed by atoms with van der Waals surface area (Å²) in [6.07, 6.45) is 1.04. The molecule has 6 heteroatoms. The van der Waals surface area contributed by atoms with Crippen molar-refractivity contribution in [2.75, 3.05) is 19.8 Å². The van der Waals surface area contributed by atoms with Gasteiger partial charge in [-0.3, -0.25) is 4.79 Å². The average Bonchev–Trinajstić information content (AvgIpc) is 2.67.